The lowest BCUT2D eigenvalue weighted by atomic mass is 10.0. The number of halogens is 1. The SMILES string of the molecule is O=C(NCCCF)NCC(O)c1ccc2ccccc2c1. The second-order valence-corrected chi connectivity index (χ2v) is 4.80. The molecule has 2 amide bonds. The van der Waals surface area contributed by atoms with Gasteiger partial charge in [-0.3, -0.25) is 4.39 Å². The Morgan fingerprint density at radius 1 is 1.14 bits per heavy atom. The van der Waals surface area contributed by atoms with Crippen LogP contribution in [0.15, 0.2) is 42.5 Å². The third kappa shape index (κ3) is 4.43. The third-order valence-electron chi connectivity index (χ3n) is 3.21. The number of carbonyl (C=O) groups excluding carboxylic acids is 1. The second kappa shape index (κ2) is 7.59. The van der Waals surface area contributed by atoms with Crippen molar-refractivity contribution in [1.29, 1.82) is 0 Å². The molecule has 3 N–H and O–H groups in total. The minimum atomic E-state index is -0.776. The van der Waals surface area contributed by atoms with Crippen LogP contribution in [0.1, 0.15) is 18.1 Å². The van der Waals surface area contributed by atoms with Crippen molar-refractivity contribution in [2.24, 2.45) is 0 Å². The highest BCUT2D eigenvalue weighted by molar-refractivity contribution is 5.83. The molecule has 2 aromatic rings. The number of aliphatic hydroxyl groups is 1. The van der Waals surface area contributed by atoms with Gasteiger partial charge in [0.25, 0.3) is 0 Å². The van der Waals surface area contributed by atoms with Crippen molar-refractivity contribution in [1.82, 2.24) is 10.6 Å². The molecule has 1 atom stereocenters. The fourth-order valence-electron chi connectivity index (χ4n) is 2.05. The van der Waals surface area contributed by atoms with Crippen LogP contribution in [0.5, 0.6) is 0 Å². The van der Waals surface area contributed by atoms with Gasteiger partial charge in [0, 0.05) is 13.1 Å². The van der Waals surface area contributed by atoms with Crippen LogP contribution in [0.4, 0.5) is 9.18 Å². The van der Waals surface area contributed by atoms with Crippen LogP contribution in [0.3, 0.4) is 0 Å². The zero-order valence-corrected chi connectivity index (χ0v) is 11.7. The minimum Gasteiger partial charge on any atom is -0.387 e. The van der Waals surface area contributed by atoms with Crippen molar-refractivity contribution >= 4 is 16.8 Å². The number of hydrogen-bond donors (Lipinski definition) is 3. The van der Waals surface area contributed by atoms with Crippen LogP contribution >= 0.6 is 0 Å². The Kier molecular flexibility index (Phi) is 5.51. The quantitative estimate of drug-likeness (QED) is 0.716. The Labute approximate surface area is 123 Å². The summed E-state index contributed by atoms with van der Waals surface area (Å²) in [6.07, 6.45) is -0.484. The smallest absolute Gasteiger partial charge is 0.314 e. The molecular weight excluding hydrogens is 271 g/mol. The van der Waals surface area contributed by atoms with Crippen molar-refractivity contribution in [3.63, 3.8) is 0 Å². The van der Waals surface area contributed by atoms with Crippen molar-refractivity contribution < 1.29 is 14.3 Å². The molecule has 2 rings (SSSR count). The van der Waals surface area contributed by atoms with Gasteiger partial charge in [0.2, 0.25) is 0 Å². The minimum absolute atomic E-state index is 0.111. The number of aliphatic hydroxyl groups excluding tert-OH is 1. The van der Waals surface area contributed by atoms with Crippen molar-refractivity contribution in [3.8, 4) is 0 Å². The lowest BCUT2D eigenvalue weighted by Gasteiger charge is -2.13. The Bertz CT molecular complexity index is 604. The van der Waals surface area contributed by atoms with Crippen molar-refractivity contribution in [3.05, 3.63) is 48.0 Å². The summed E-state index contributed by atoms with van der Waals surface area (Å²) >= 11 is 0. The normalized spacial score (nSPS) is 12.1. The Hall–Kier alpha value is -2.14. The summed E-state index contributed by atoms with van der Waals surface area (Å²) in [6, 6.07) is 13.2. The number of nitrogens with one attached hydrogen (secondary N) is 2. The molecule has 0 heterocycles. The molecule has 1 unspecified atom stereocenters. The highest BCUT2D eigenvalue weighted by Gasteiger charge is 2.09. The van der Waals surface area contributed by atoms with Crippen LogP contribution < -0.4 is 10.6 Å². The molecule has 0 fully saturated rings. The van der Waals surface area contributed by atoms with E-state index in [1.54, 1.807) is 0 Å². The lowest BCUT2D eigenvalue weighted by molar-refractivity contribution is 0.173. The average Bonchev–Trinajstić information content (AvgIpc) is 2.52. The molecule has 0 aliphatic rings. The summed E-state index contributed by atoms with van der Waals surface area (Å²) in [4.78, 5) is 11.4. The number of rotatable bonds is 6. The lowest BCUT2D eigenvalue weighted by Crippen LogP contribution is -2.38. The maximum Gasteiger partial charge on any atom is 0.314 e. The first kappa shape index (κ1) is 15.3. The molecule has 0 aromatic heterocycles. The van der Waals surface area contributed by atoms with Gasteiger partial charge < -0.3 is 15.7 Å². The number of urea groups is 1. The highest BCUT2D eigenvalue weighted by Crippen LogP contribution is 2.19. The molecule has 0 saturated carbocycles. The number of benzene rings is 2. The molecule has 4 nitrogen and oxygen atoms in total. The van der Waals surface area contributed by atoms with Crippen LogP contribution in [-0.2, 0) is 0 Å². The number of hydrogen-bond acceptors (Lipinski definition) is 2. The van der Waals surface area contributed by atoms with E-state index in [4.69, 9.17) is 0 Å². The van der Waals surface area contributed by atoms with E-state index in [-0.39, 0.29) is 13.1 Å². The van der Waals surface area contributed by atoms with Crippen LogP contribution in [0, 0.1) is 0 Å². The number of amides is 2. The number of fused-ring (bicyclic) bond motifs is 1. The monoisotopic (exact) mass is 290 g/mol. The summed E-state index contributed by atoms with van der Waals surface area (Å²) < 4.78 is 11.9. The molecule has 5 heteroatoms. The zero-order chi connectivity index (χ0) is 15.1. The average molecular weight is 290 g/mol. The molecule has 2 aromatic carbocycles. The Balaban J connectivity index is 1.89. The summed E-state index contributed by atoms with van der Waals surface area (Å²) in [5.74, 6) is 0. The van der Waals surface area contributed by atoms with E-state index in [0.717, 1.165) is 16.3 Å². The van der Waals surface area contributed by atoms with E-state index >= 15 is 0 Å². The van der Waals surface area contributed by atoms with Crippen molar-refractivity contribution in [2.75, 3.05) is 19.8 Å². The van der Waals surface area contributed by atoms with E-state index in [0.29, 0.717) is 6.42 Å². The number of carbonyl (C=O) groups is 1. The maximum absolute atomic E-state index is 11.9. The second-order valence-electron chi connectivity index (χ2n) is 4.80. The van der Waals surface area contributed by atoms with E-state index < -0.39 is 18.8 Å². The zero-order valence-electron chi connectivity index (χ0n) is 11.7. The summed E-state index contributed by atoms with van der Waals surface area (Å²) in [6.45, 7) is -0.0613. The van der Waals surface area contributed by atoms with Crippen LogP contribution in [0.25, 0.3) is 10.8 Å². The largest absolute Gasteiger partial charge is 0.387 e. The van der Waals surface area contributed by atoms with Gasteiger partial charge in [-0.05, 0) is 28.8 Å². The predicted molar refractivity (Wildman–Crippen MR) is 80.9 cm³/mol. The molecular formula is C16H19FN2O2. The van der Waals surface area contributed by atoms with Gasteiger partial charge in [-0.15, -0.1) is 0 Å². The first-order valence-electron chi connectivity index (χ1n) is 6.95. The molecule has 21 heavy (non-hydrogen) atoms. The van der Waals surface area contributed by atoms with Gasteiger partial charge in [0.15, 0.2) is 0 Å². The van der Waals surface area contributed by atoms with Crippen LogP contribution in [0.2, 0.25) is 0 Å². The highest BCUT2D eigenvalue weighted by atomic mass is 19.1. The summed E-state index contributed by atoms with van der Waals surface area (Å²) in [5.41, 5.74) is 0.748. The third-order valence-corrected chi connectivity index (χ3v) is 3.21. The van der Waals surface area contributed by atoms with E-state index in [1.165, 1.54) is 0 Å². The summed E-state index contributed by atoms with van der Waals surface area (Å²) in [5, 5.41) is 17.3. The molecule has 112 valence electrons. The molecule has 0 aliphatic heterocycles. The molecule has 0 saturated heterocycles. The van der Waals surface area contributed by atoms with Crippen LogP contribution in [-0.4, -0.2) is 30.9 Å². The van der Waals surface area contributed by atoms with Gasteiger partial charge >= 0.3 is 6.03 Å². The fraction of sp³-hybridized carbons (Fsp3) is 0.312. The van der Waals surface area contributed by atoms with Crippen molar-refractivity contribution in [2.45, 2.75) is 12.5 Å². The maximum atomic E-state index is 11.9. The first-order valence-corrected chi connectivity index (χ1v) is 6.95. The first-order chi connectivity index (χ1) is 10.2. The fourth-order valence-corrected chi connectivity index (χ4v) is 2.05. The van der Waals surface area contributed by atoms with E-state index in [9.17, 15) is 14.3 Å². The number of alkyl halides is 1. The summed E-state index contributed by atoms with van der Waals surface area (Å²) in [7, 11) is 0. The van der Waals surface area contributed by atoms with Gasteiger partial charge in [-0.2, -0.15) is 0 Å². The molecule has 0 spiro atoms. The van der Waals surface area contributed by atoms with Gasteiger partial charge in [-0.1, -0.05) is 36.4 Å². The molecule has 0 radical (unpaired) electrons. The topological polar surface area (TPSA) is 61.4 Å². The predicted octanol–water partition coefficient (Wildman–Crippen LogP) is 2.53. The molecule has 0 bridgehead atoms. The Morgan fingerprint density at radius 2 is 1.90 bits per heavy atom. The van der Waals surface area contributed by atoms with Gasteiger partial charge in [-0.25, -0.2) is 4.79 Å². The van der Waals surface area contributed by atoms with E-state index in [2.05, 4.69) is 10.6 Å². The van der Waals surface area contributed by atoms with E-state index in [1.807, 2.05) is 42.5 Å². The Morgan fingerprint density at radius 3 is 2.67 bits per heavy atom. The van der Waals surface area contributed by atoms with Gasteiger partial charge in [0.05, 0.1) is 12.8 Å². The van der Waals surface area contributed by atoms with Gasteiger partial charge in [0.1, 0.15) is 0 Å². The molecule has 0 aliphatic carbocycles. The standard InChI is InChI=1S/C16H19FN2O2/c17-8-3-9-18-16(21)19-11-15(20)14-7-6-12-4-1-2-5-13(12)10-14/h1-2,4-7,10,15,20H,3,8-9,11H2,(H2,18,19,21).